The third-order valence-corrected chi connectivity index (χ3v) is 5.24. The van der Waals surface area contributed by atoms with Gasteiger partial charge in [0.2, 0.25) is 0 Å². The van der Waals surface area contributed by atoms with E-state index < -0.39 is 11.6 Å². The summed E-state index contributed by atoms with van der Waals surface area (Å²) in [6.07, 6.45) is 0. The molecule has 0 aliphatic rings. The number of aryl methyl sites for hydroxylation is 1. The van der Waals surface area contributed by atoms with Gasteiger partial charge < -0.3 is 10.1 Å². The number of hydrogen-bond acceptors (Lipinski definition) is 3. The number of halogens is 3. The van der Waals surface area contributed by atoms with Crippen molar-refractivity contribution in [3.63, 3.8) is 0 Å². The van der Waals surface area contributed by atoms with Gasteiger partial charge in [0, 0.05) is 40.7 Å². The van der Waals surface area contributed by atoms with Crippen LogP contribution in [0.4, 0.5) is 8.78 Å². The predicted molar refractivity (Wildman–Crippen MR) is 118 cm³/mol. The smallest absolute Gasteiger partial charge is 0.273 e. The van der Waals surface area contributed by atoms with Crippen LogP contribution in [0.1, 0.15) is 35.5 Å². The van der Waals surface area contributed by atoms with Gasteiger partial charge in [-0.05, 0) is 73.1 Å². The number of rotatable bonds is 6. The number of hydrogen-bond donors (Lipinski definition) is 1. The number of amides is 1. The molecule has 3 rings (SSSR count). The Morgan fingerprint density at radius 3 is 2.42 bits per heavy atom. The second-order valence-electron chi connectivity index (χ2n) is 7.30. The van der Waals surface area contributed by atoms with Crippen LogP contribution in [0, 0.1) is 18.6 Å². The van der Waals surface area contributed by atoms with Gasteiger partial charge in [-0.2, -0.15) is 0 Å². The fourth-order valence-corrected chi connectivity index (χ4v) is 3.42. The number of ether oxygens (including phenoxy) is 1. The van der Waals surface area contributed by atoms with Gasteiger partial charge in [0.25, 0.3) is 11.5 Å². The van der Waals surface area contributed by atoms with E-state index >= 15 is 0 Å². The largest absolute Gasteiger partial charge is 0.487 e. The zero-order chi connectivity index (χ0) is 22.7. The Kier molecular flexibility index (Phi) is 6.90. The van der Waals surface area contributed by atoms with Gasteiger partial charge in [-0.1, -0.05) is 0 Å². The summed E-state index contributed by atoms with van der Waals surface area (Å²) in [6, 6.07) is 11.5. The van der Waals surface area contributed by atoms with Crippen LogP contribution in [0.3, 0.4) is 0 Å². The molecular weight excluding hydrogens is 470 g/mol. The molecule has 0 atom stereocenters. The molecule has 0 unspecified atom stereocenters. The molecule has 1 heterocycles. The van der Waals surface area contributed by atoms with Crippen molar-refractivity contribution in [2.24, 2.45) is 0 Å². The van der Waals surface area contributed by atoms with Crippen molar-refractivity contribution in [2.45, 2.75) is 33.4 Å². The Morgan fingerprint density at radius 2 is 1.81 bits per heavy atom. The van der Waals surface area contributed by atoms with E-state index in [9.17, 15) is 18.4 Å². The Morgan fingerprint density at radius 1 is 1.13 bits per heavy atom. The lowest BCUT2D eigenvalue weighted by molar-refractivity contribution is 0.0943. The fourth-order valence-electron chi connectivity index (χ4n) is 3.01. The molecule has 0 saturated carbocycles. The van der Waals surface area contributed by atoms with Gasteiger partial charge in [0.15, 0.2) is 0 Å². The van der Waals surface area contributed by atoms with Crippen LogP contribution in [-0.2, 0) is 6.61 Å². The zero-order valence-electron chi connectivity index (χ0n) is 17.2. The molecule has 0 radical (unpaired) electrons. The molecule has 162 valence electrons. The minimum Gasteiger partial charge on any atom is -0.487 e. The van der Waals surface area contributed by atoms with Gasteiger partial charge >= 0.3 is 0 Å². The first-order valence-corrected chi connectivity index (χ1v) is 10.4. The highest BCUT2D eigenvalue weighted by Crippen LogP contribution is 2.25. The van der Waals surface area contributed by atoms with Crippen molar-refractivity contribution in [1.29, 1.82) is 0 Å². The molecule has 1 N–H and O–H groups in total. The molecule has 0 aliphatic heterocycles. The molecule has 0 spiro atoms. The molecule has 0 saturated heterocycles. The fraction of sp³-hybridized carbons (Fsp3) is 0.217. The number of aromatic nitrogens is 1. The SMILES string of the molecule is Cc1cc(OCc2ccc(F)cc2F)c(Br)c(=O)n1-c1ccc(C(=O)NC(C)C)cc1. The van der Waals surface area contributed by atoms with Gasteiger partial charge in [0.1, 0.15) is 28.5 Å². The topological polar surface area (TPSA) is 60.3 Å². The minimum atomic E-state index is -0.720. The number of pyridine rings is 1. The minimum absolute atomic E-state index is 0.0175. The predicted octanol–water partition coefficient (Wildman–Crippen LogP) is 4.90. The quantitative estimate of drug-likeness (QED) is 0.534. The van der Waals surface area contributed by atoms with Crippen molar-refractivity contribution in [2.75, 3.05) is 0 Å². The van der Waals surface area contributed by atoms with E-state index in [1.807, 2.05) is 13.8 Å². The first-order chi connectivity index (χ1) is 14.7. The van der Waals surface area contributed by atoms with Gasteiger partial charge in [0.05, 0.1) is 0 Å². The van der Waals surface area contributed by atoms with Crippen LogP contribution in [-0.4, -0.2) is 16.5 Å². The number of benzene rings is 2. The Bertz CT molecular complexity index is 1170. The maximum absolute atomic E-state index is 13.8. The van der Waals surface area contributed by atoms with Crippen LogP contribution in [0.15, 0.2) is 57.8 Å². The Balaban J connectivity index is 1.86. The number of nitrogens with one attached hydrogen (secondary N) is 1. The highest BCUT2D eigenvalue weighted by molar-refractivity contribution is 9.10. The Labute approximate surface area is 186 Å². The monoisotopic (exact) mass is 490 g/mol. The van der Waals surface area contributed by atoms with Crippen LogP contribution in [0.5, 0.6) is 5.75 Å². The molecule has 0 aliphatic carbocycles. The van der Waals surface area contributed by atoms with E-state index in [2.05, 4.69) is 21.2 Å². The first kappa shape index (κ1) is 22.7. The lowest BCUT2D eigenvalue weighted by Crippen LogP contribution is -2.30. The molecule has 1 amide bonds. The van der Waals surface area contributed by atoms with Crippen molar-refractivity contribution in [1.82, 2.24) is 9.88 Å². The van der Waals surface area contributed by atoms with E-state index in [-0.39, 0.29) is 39.9 Å². The van der Waals surface area contributed by atoms with Crippen LogP contribution >= 0.6 is 15.9 Å². The lowest BCUT2D eigenvalue weighted by Gasteiger charge is -2.15. The second kappa shape index (κ2) is 9.43. The van der Waals surface area contributed by atoms with E-state index in [1.165, 1.54) is 10.6 Å². The van der Waals surface area contributed by atoms with Gasteiger partial charge in [-0.25, -0.2) is 8.78 Å². The highest BCUT2D eigenvalue weighted by Gasteiger charge is 2.15. The van der Waals surface area contributed by atoms with E-state index in [1.54, 1.807) is 37.3 Å². The normalized spacial score (nSPS) is 10.9. The highest BCUT2D eigenvalue weighted by atomic mass is 79.9. The second-order valence-corrected chi connectivity index (χ2v) is 8.10. The molecule has 2 aromatic carbocycles. The van der Waals surface area contributed by atoms with Gasteiger partial charge in [-0.15, -0.1) is 0 Å². The number of carbonyl (C=O) groups is 1. The summed E-state index contributed by atoms with van der Waals surface area (Å²) in [5.74, 6) is -1.34. The van der Waals surface area contributed by atoms with E-state index in [0.717, 1.165) is 12.1 Å². The zero-order valence-corrected chi connectivity index (χ0v) is 18.8. The standard InChI is InChI=1S/C23H21BrF2N2O3/c1-13(2)27-22(29)15-5-8-18(9-6-15)28-14(3)10-20(21(24)23(28)30)31-12-16-4-7-17(25)11-19(16)26/h4-11,13H,12H2,1-3H3,(H,27,29). The lowest BCUT2D eigenvalue weighted by atomic mass is 10.1. The molecule has 0 bridgehead atoms. The van der Waals surface area contributed by atoms with Crippen molar-refractivity contribution >= 4 is 21.8 Å². The summed E-state index contributed by atoms with van der Waals surface area (Å²) in [7, 11) is 0. The first-order valence-electron chi connectivity index (χ1n) is 9.57. The van der Waals surface area contributed by atoms with E-state index in [4.69, 9.17) is 4.74 Å². The van der Waals surface area contributed by atoms with Crippen molar-refractivity contribution in [3.05, 3.63) is 91.8 Å². The summed E-state index contributed by atoms with van der Waals surface area (Å²) in [5.41, 5.74) is 1.46. The molecular formula is C23H21BrF2N2O3. The average Bonchev–Trinajstić information content (AvgIpc) is 2.70. The van der Waals surface area contributed by atoms with Crippen molar-refractivity contribution < 1.29 is 18.3 Å². The summed E-state index contributed by atoms with van der Waals surface area (Å²) >= 11 is 3.25. The Hall–Kier alpha value is -3.00. The molecule has 1 aromatic heterocycles. The van der Waals surface area contributed by atoms with Crippen LogP contribution in [0.25, 0.3) is 5.69 Å². The summed E-state index contributed by atoms with van der Waals surface area (Å²) < 4.78 is 34.1. The third-order valence-electron chi connectivity index (χ3n) is 4.51. The average molecular weight is 491 g/mol. The van der Waals surface area contributed by atoms with E-state index in [0.29, 0.717) is 16.9 Å². The molecule has 0 fully saturated rings. The van der Waals surface area contributed by atoms with Gasteiger partial charge in [-0.3, -0.25) is 14.2 Å². The maximum atomic E-state index is 13.8. The number of carbonyl (C=O) groups excluding carboxylic acids is 1. The molecule has 3 aromatic rings. The molecule has 5 nitrogen and oxygen atoms in total. The van der Waals surface area contributed by atoms with Crippen LogP contribution in [0.2, 0.25) is 0 Å². The maximum Gasteiger partial charge on any atom is 0.273 e. The third kappa shape index (κ3) is 5.19. The van der Waals surface area contributed by atoms with Crippen LogP contribution < -0.4 is 15.6 Å². The molecule has 31 heavy (non-hydrogen) atoms. The summed E-state index contributed by atoms with van der Waals surface area (Å²) in [5, 5.41) is 2.81. The number of nitrogens with zero attached hydrogens (tertiary/aromatic N) is 1. The summed E-state index contributed by atoms with van der Waals surface area (Å²) in [4.78, 5) is 25.0. The molecule has 8 heteroatoms. The van der Waals surface area contributed by atoms with Crippen molar-refractivity contribution in [3.8, 4) is 11.4 Å². The summed E-state index contributed by atoms with van der Waals surface area (Å²) in [6.45, 7) is 5.33.